The van der Waals surface area contributed by atoms with Crippen molar-refractivity contribution in [2.75, 3.05) is 11.9 Å². The molecule has 0 saturated heterocycles. The van der Waals surface area contributed by atoms with E-state index in [-0.39, 0.29) is 12.4 Å². The fourth-order valence-corrected chi connectivity index (χ4v) is 3.10. The molecule has 0 aliphatic heterocycles. The van der Waals surface area contributed by atoms with Crippen molar-refractivity contribution in [2.45, 2.75) is 25.3 Å². The number of nitrogens with zero attached hydrogens (tertiary/aromatic N) is 1. The standard InChI is InChI=1S/C21H22Cl2N4O3/c22-14-3-1-13(2-4-14)11-17(18(24)27-19(29)21(12-28)9-10-21)26-20(30)25-16-7-5-15(23)6-8-16/h1-8,17,28H,9-12H2,(H2,24,27,29)(H2,25,26,30)/t17-/m0/s1. The first kappa shape index (κ1) is 22.1. The molecular weight excluding hydrogens is 427 g/mol. The molecule has 1 atom stereocenters. The van der Waals surface area contributed by atoms with Crippen LogP contribution in [0.25, 0.3) is 0 Å². The lowest BCUT2D eigenvalue weighted by atomic mass is 10.0. The summed E-state index contributed by atoms with van der Waals surface area (Å²) in [5.41, 5.74) is 6.67. The average Bonchev–Trinajstić information content (AvgIpc) is 3.52. The maximum atomic E-state index is 12.5. The van der Waals surface area contributed by atoms with Crippen LogP contribution in [0.5, 0.6) is 0 Å². The smallest absolute Gasteiger partial charge is 0.319 e. The molecule has 0 aromatic heterocycles. The van der Waals surface area contributed by atoms with Crippen LogP contribution < -0.4 is 16.4 Å². The van der Waals surface area contributed by atoms with E-state index in [2.05, 4.69) is 15.6 Å². The summed E-state index contributed by atoms with van der Waals surface area (Å²) in [5.74, 6) is -0.496. The summed E-state index contributed by atoms with van der Waals surface area (Å²) in [4.78, 5) is 28.9. The largest absolute Gasteiger partial charge is 0.395 e. The first-order chi connectivity index (χ1) is 14.3. The average molecular weight is 449 g/mol. The predicted octanol–water partition coefficient (Wildman–Crippen LogP) is 3.38. The third kappa shape index (κ3) is 5.72. The molecule has 7 nitrogen and oxygen atoms in total. The van der Waals surface area contributed by atoms with Crippen LogP contribution in [0.15, 0.2) is 53.5 Å². The number of nitrogens with two attached hydrogens (primary N) is 1. The molecule has 2 aromatic carbocycles. The van der Waals surface area contributed by atoms with Crippen molar-refractivity contribution < 1.29 is 14.7 Å². The Bertz CT molecular complexity index is 942. The van der Waals surface area contributed by atoms with Gasteiger partial charge in [0.25, 0.3) is 5.91 Å². The normalized spacial score (nSPS) is 15.9. The number of benzene rings is 2. The van der Waals surface area contributed by atoms with Crippen molar-refractivity contribution in [3.05, 3.63) is 64.1 Å². The van der Waals surface area contributed by atoms with Crippen molar-refractivity contribution in [3.8, 4) is 0 Å². The Kier molecular flexibility index (Phi) is 6.97. The summed E-state index contributed by atoms with van der Waals surface area (Å²) in [6, 6.07) is 12.4. The molecule has 1 aliphatic rings. The van der Waals surface area contributed by atoms with Gasteiger partial charge in [-0.2, -0.15) is 4.99 Å². The van der Waals surface area contributed by atoms with Gasteiger partial charge in [-0.1, -0.05) is 35.3 Å². The number of hydrogen-bond donors (Lipinski definition) is 4. The number of aliphatic hydroxyl groups excluding tert-OH is 1. The van der Waals surface area contributed by atoms with Crippen molar-refractivity contribution >= 4 is 46.7 Å². The van der Waals surface area contributed by atoms with Gasteiger partial charge in [0.05, 0.1) is 18.1 Å². The molecule has 3 rings (SSSR count). The third-order valence-corrected chi connectivity index (χ3v) is 5.46. The molecule has 0 heterocycles. The number of amidine groups is 1. The molecule has 0 radical (unpaired) electrons. The second kappa shape index (κ2) is 9.47. The zero-order valence-electron chi connectivity index (χ0n) is 16.1. The van der Waals surface area contributed by atoms with E-state index in [0.29, 0.717) is 35.0 Å². The maximum absolute atomic E-state index is 12.5. The lowest BCUT2D eigenvalue weighted by Gasteiger charge is -2.19. The number of rotatable bonds is 7. The first-order valence-electron chi connectivity index (χ1n) is 9.38. The summed E-state index contributed by atoms with van der Waals surface area (Å²) < 4.78 is 0. The number of aliphatic imine (C=N–C) groups is 1. The minimum Gasteiger partial charge on any atom is -0.395 e. The second-order valence-corrected chi connectivity index (χ2v) is 8.14. The highest BCUT2D eigenvalue weighted by Crippen LogP contribution is 2.46. The summed E-state index contributed by atoms with van der Waals surface area (Å²) in [6.45, 7) is -0.269. The highest BCUT2D eigenvalue weighted by molar-refractivity contribution is 6.30. The zero-order valence-corrected chi connectivity index (χ0v) is 17.6. The van der Waals surface area contributed by atoms with E-state index in [0.717, 1.165) is 5.56 Å². The highest BCUT2D eigenvalue weighted by Gasteiger charge is 2.49. The number of hydrogen-bond acceptors (Lipinski definition) is 3. The third-order valence-electron chi connectivity index (χ3n) is 4.96. The van der Waals surface area contributed by atoms with Gasteiger partial charge in [-0.15, -0.1) is 0 Å². The van der Waals surface area contributed by atoms with Gasteiger partial charge in [0.1, 0.15) is 5.84 Å². The Balaban J connectivity index is 1.75. The molecule has 0 unspecified atom stereocenters. The monoisotopic (exact) mass is 448 g/mol. The van der Waals surface area contributed by atoms with Crippen LogP contribution in [0, 0.1) is 5.41 Å². The van der Waals surface area contributed by atoms with Crippen LogP contribution in [0.4, 0.5) is 10.5 Å². The lowest BCUT2D eigenvalue weighted by molar-refractivity contribution is -0.124. The molecule has 5 N–H and O–H groups in total. The van der Waals surface area contributed by atoms with E-state index in [9.17, 15) is 14.7 Å². The van der Waals surface area contributed by atoms with E-state index >= 15 is 0 Å². The van der Waals surface area contributed by atoms with Crippen molar-refractivity contribution in [1.29, 1.82) is 0 Å². The Morgan fingerprint density at radius 3 is 2.17 bits per heavy atom. The molecule has 0 spiro atoms. The molecule has 2 aromatic rings. The summed E-state index contributed by atoms with van der Waals surface area (Å²) in [6.07, 6.45) is 1.46. The number of carbonyl (C=O) groups is 2. The fraction of sp³-hybridized carbons (Fsp3) is 0.286. The van der Waals surface area contributed by atoms with Crippen LogP contribution in [0.2, 0.25) is 10.0 Å². The maximum Gasteiger partial charge on any atom is 0.319 e. The molecular formula is C21H22Cl2N4O3. The summed E-state index contributed by atoms with van der Waals surface area (Å²) in [7, 11) is 0. The van der Waals surface area contributed by atoms with Crippen LogP contribution >= 0.6 is 23.2 Å². The molecule has 0 bridgehead atoms. The fourth-order valence-electron chi connectivity index (χ4n) is 2.85. The van der Waals surface area contributed by atoms with Gasteiger partial charge in [-0.05, 0) is 61.2 Å². The minimum atomic E-state index is -0.832. The molecule has 1 aliphatic carbocycles. The molecule has 30 heavy (non-hydrogen) atoms. The predicted molar refractivity (Wildman–Crippen MR) is 118 cm³/mol. The lowest BCUT2D eigenvalue weighted by Crippen LogP contribution is -2.48. The van der Waals surface area contributed by atoms with Gasteiger partial charge in [0.2, 0.25) is 0 Å². The number of urea groups is 1. The van der Waals surface area contributed by atoms with Crippen molar-refractivity contribution in [3.63, 3.8) is 0 Å². The molecule has 9 heteroatoms. The number of aliphatic hydroxyl groups is 1. The second-order valence-electron chi connectivity index (χ2n) is 7.27. The Morgan fingerprint density at radius 2 is 1.63 bits per heavy atom. The number of nitrogens with one attached hydrogen (secondary N) is 2. The topological polar surface area (TPSA) is 117 Å². The molecule has 3 amide bonds. The number of halogens is 2. The van der Waals surface area contributed by atoms with Gasteiger partial charge < -0.3 is 21.5 Å². The van der Waals surface area contributed by atoms with E-state index < -0.39 is 23.4 Å². The molecule has 1 fully saturated rings. The van der Waals surface area contributed by atoms with E-state index in [1.54, 1.807) is 48.5 Å². The molecule has 1 saturated carbocycles. The van der Waals surface area contributed by atoms with Gasteiger partial charge in [-0.3, -0.25) is 4.79 Å². The number of carbonyl (C=O) groups excluding carboxylic acids is 2. The van der Waals surface area contributed by atoms with Crippen molar-refractivity contribution in [2.24, 2.45) is 16.1 Å². The van der Waals surface area contributed by atoms with Gasteiger partial charge >= 0.3 is 6.03 Å². The number of anilines is 1. The van der Waals surface area contributed by atoms with Crippen LogP contribution in [-0.2, 0) is 11.2 Å². The van der Waals surface area contributed by atoms with Crippen LogP contribution in [0.1, 0.15) is 18.4 Å². The molecule has 158 valence electrons. The highest BCUT2D eigenvalue weighted by atomic mass is 35.5. The van der Waals surface area contributed by atoms with Crippen LogP contribution in [0.3, 0.4) is 0 Å². The Morgan fingerprint density at radius 1 is 1.07 bits per heavy atom. The zero-order chi connectivity index (χ0) is 21.7. The SMILES string of the molecule is NC(=NC(=O)C1(CO)CC1)[C@H](Cc1ccc(Cl)cc1)NC(=O)Nc1ccc(Cl)cc1. The van der Waals surface area contributed by atoms with E-state index in [1.807, 2.05) is 0 Å². The van der Waals surface area contributed by atoms with Gasteiger partial charge in [0.15, 0.2) is 0 Å². The quantitative estimate of drug-likeness (QED) is 0.383. The van der Waals surface area contributed by atoms with E-state index in [4.69, 9.17) is 28.9 Å². The Hall–Kier alpha value is -2.61. The van der Waals surface area contributed by atoms with Gasteiger partial charge in [0, 0.05) is 15.7 Å². The number of amides is 3. The Labute approximate surface area is 184 Å². The minimum absolute atomic E-state index is 0.0269. The van der Waals surface area contributed by atoms with Crippen molar-refractivity contribution in [1.82, 2.24) is 5.32 Å². The van der Waals surface area contributed by atoms with Crippen LogP contribution in [-0.4, -0.2) is 35.5 Å². The van der Waals surface area contributed by atoms with Gasteiger partial charge in [-0.25, -0.2) is 4.79 Å². The van der Waals surface area contributed by atoms with E-state index in [1.165, 1.54) is 0 Å². The first-order valence-corrected chi connectivity index (χ1v) is 10.1. The summed E-state index contributed by atoms with van der Waals surface area (Å²) in [5, 5.41) is 16.0. The summed E-state index contributed by atoms with van der Waals surface area (Å²) >= 11 is 11.8.